The minimum Gasteiger partial charge on any atom is -0.363 e. The fourth-order valence-electron chi connectivity index (χ4n) is 2.99. The van der Waals surface area contributed by atoms with Gasteiger partial charge in [-0.1, -0.05) is 51.9 Å². The number of nitrogens with one attached hydrogen (secondary N) is 2. The van der Waals surface area contributed by atoms with E-state index in [-0.39, 0.29) is 16.3 Å². The molecule has 2 aromatic heterocycles. The van der Waals surface area contributed by atoms with Crippen LogP contribution in [0.2, 0.25) is 0 Å². The van der Waals surface area contributed by atoms with Crippen LogP contribution in [0.1, 0.15) is 12.5 Å². The zero-order valence-corrected chi connectivity index (χ0v) is 20.9. The lowest BCUT2D eigenvalue weighted by Gasteiger charge is -2.13. The lowest BCUT2D eigenvalue weighted by Crippen LogP contribution is -2.13. The number of aromatic nitrogens is 3. The van der Waals surface area contributed by atoms with E-state index in [1.165, 1.54) is 36.2 Å². The number of rotatable bonds is 8. The van der Waals surface area contributed by atoms with Crippen LogP contribution in [-0.2, 0) is 10.0 Å². The first-order chi connectivity index (χ1) is 16.4. The van der Waals surface area contributed by atoms with E-state index in [9.17, 15) is 13.7 Å². The normalized spacial score (nSPS) is 11.1. The van der Waals surface area contributed by atoms with Gasteiger partial charge in [0.2, 0.25) is 0 Å². The van der Waals surface area contributed by atoms with E-state index in [1.54, 1.807) is 12.1 Å². The second-order valence-electron chi connectivity index (χ2n) is 6.77. The number of hydrogen-bond acceptors (Lipinski definition) is 9. The van der Waals surface area contributed by atoms with E-state index < -0.39 is 10.0 Å². The average molecular weight is 557 g/mol. The Hall–Kier alpha value is -3.40. The molecule has 172 valence electrons. The molecule has 4 rings (SSSR count). The molecule has 2 aromatic carbocycles. The van der Waals surface area contributed by atoms with Gasteiger partial charge in [-0.3, -0.25) is 4.72 Å². The highest BCUT2D eigenvalue weighted by atomic mass is 79.9. The summed E-state index contributed by atoms with van der Waals surface area (Å²) in [5.74, 6) is 1.18. The van der Waals surface area contributed by atoms with Gasteiger partial charge in [-0.15, -0.1) is 0 Å². The van der Waals surface area contributed by atoms with Gasteiger partial charge in [-0.25, -0.2) is 18.4 Å². The number of benzene rings is 2. The van der Waals surface area contributed by atoms with Gasteiger partial charge in [-0.05, 0) is 42.2 Å². The first-order valence-corrected chi connectivity index (χ1v) is 13.2. The molecule has 4 aromatic rings. The predicted octanol–water partition coefficient (Wildman–Crippen LogP) is 5.42. The first-order valence-electron chi connectivity index (χ1n) is 9.91. The molecule has 0 spiro atoms. The van der Waals surface area contributed by atoms with E-state index >= 15 is 0 Å². The molecule has 2 N–H and O–H groups in total. The van der Waals surface area contributed by atoms with Gasteiger partial charge in [0, 0.05) is 21.8 Å². The van der Waals surface area contributed by atoms with Crippen LogP contribution in [0.3, 0.4) is 0 Å². The maximum absolute atomic E-state index is 12.5. The van der Waals surface area contributed by atoms with E-state index in [1.807, 2.05) is 31.2 Å². The molecular weight excluding hydrogens is 540 g/mol. The number of halogens is 1. The minimum absolute atomic E-state index is 0.0429. The average Bonchev–Trinajstić information content (AvgIpc) is 3.32. The highest BCUT2D eigenvalue weighted by molar-refractivity contribution is 9.10. The van der Waals surface area contributed by atoms with Gasteiger partial charge in [0.05, 0.1) is 10.6 Å². The van der Waals surface area contributed by atoms with Gasteiger partial charge in [0.1, 0.15) is 17.9 Å². The standard InChI is InChI=1S/C22H17BrN6O3S2/c1-2-33-22-26-20(14-4-3-5-15(23)12-14)18(13-24)21(27-22)25-16-6-8-17(9-7-16)34(30,31)29-19-10-11-32-28-19/h3-12H,2H2,1H3,(H,28,29)(H,25,26,27). The second-order valence-corrected chi connectivity index (χ2v) is 10.6. The van der Waals surface area contributed by atoms with Crippen LogP contribution >= 0.6 is 27.7 Å². The fourth-order valence-corrected chi connectivity index (χ4v) is 4.95. The maximum atomic E-state index is 12.5. The van der Waals surface area contributed by atoms with Crippen molar-refractivity contribution in [2.45, 2.75) is 17.0 Å². The summed E-state index contributed by atoms with van der Waals surface area (Å²) in [5.41, 5.74) is 2.12. The van der Waals surface area contributed by atoms with Crippen molar-refractivity contribution in [2.24, 2.45) is 0 Å². The van der Waals surface area contributed by atoms with Crippen molar-refractivity contribution in [1.82, 2.24) is 15.1 Å². The lowest BCUT2D eigenvalue weighted by molar-refractivity contribution is 0.423. The molecule has 0 aliphatic heterocycles. The lowest BCUT2D eigenvalue weighted by atomic mass is 10.1. The van der Waals surface area contributed by atoms with Crippen molar-refractivity contribution >= 4 is 55.0 Å². The molecule has 12 heteroatoms. The summed E-state index contributed by atoms with van der Waals surface area (Å²) in [6.07, 6.45) is 1.27. The molecule has 2 heterocycles. The van der Waals surface area contributed by atoms with Gasteiger partial charge >= 0.3 is 0 Å². The summed E-state index contributed by atoms with van der Waals surface area (Å²) in [6, 6.07) is 17.2. The Morgan fingerprint density at radius 2 is 1.94 bits per heavy atom. The topological polar surface area (TPSA) is 134 Å². The molecule has 0 bridgehead atoms. The molecule has 0 aliphatic rings. The molecule has 0 saturated heterocycles. The van der Waals surface area contributed by atoms with Crippen molar-refractivity contribution in [2.75, 3.05) is 15.8 Å². The highest BCUT2D eigenvalue weighted by Crippen LogP contribution is 2.32. The quantitative estimate of drug-likeness (QED) is 0.215. The third-order valence-electron chi connectivity index (χ3n) is 4.48. The number of nitrogens with zero attached hydrogens (tertiary/aromatic N) is 4. The van der Waals surface area contributed by atoms with Crippen LogP contribution in [0, 0.1) is 11.3 Å². The van der Waals surface area contributed by atoms with E-state index in [2.05, 4.69) is 51.7 Å². The molecule has 0 fully saturated rings. The van der Waals surface area contributed by atoms with Crippen molar-refractivity contribution in [3.05, 3.63) is 70.9 Å². The molecule has 0 unspecified atom stereocenters. The Morgan fingerprint density at radius 1 is 1.15 bits per heavy atom. The van der Waals surface area contributed by atoms with Gasteiger partial charge in [0.15, 0.2) is 16.8 Å². The van der Waals surface area contributed by atoms with Gasteiger partial charge in [0.25, 0.3) is 10.0 Å². The van der Waals surface area contributed by atoms with Crippen molar-refractivity contribution in [3.8, 4) is 17.3 Å². The summed E-state index contributed by atoms with van der Waals surface area (Å²) in [5, 5.41) is 17.1. The summed E-state index contributed by atoms with van der Waals surface area (Å²) in [6.45, 7) is 1.99. The van der Waals surface area contributed by atoms with E-state index in [4.69, 9.17) is 0 Å². The fraction of sp³-hybridized carbons (Fsp3) is 0.0909. The molecule has 9 nitrogen and oxygen atoms in total. The van der Waals surface area contributed by atoms with Crippen molar-refractivity contribution in [1.29, 1.82) is 5.26 Å². The predicted molar refractivity (Wildman–Crippen MR) is 133 cm³/mol. The van der Waals surface area contributed by atoms with Crippen LogP contribution < -0.4 is 10.0 Å². The zero-order valence-electron chi connectivity index (χ0n) is 17.7. The SMILES string of the molecule is CCSc1nc(Nc2ccc(S(=O)(=O)Nc3ccon3)cc2)c(C#N)c(-c2cccc(Br)c2)n1. The highest BCUT2D eigenvalue weighted by Gasteiger charge is 2.18. The third kappa shape index (κ3) is 5.39. The first kappa shape index (κ1) is 23.7. The Balaban J connectivity index is 1.67. The summed E-state index contributed by atoms with van der Waals surface area (Å²) < 4.78 is 32.9. The largest absolute Gasteiger partial charge is 0.363 e. The molecular formula is C22H17BrN6O3S2. The summed E-state index contributed by atoms with van der Waals surface area (Å²) >= 11 is 4.91. The smallest absolute Gasteiger partial charge is 0.263 e. The maximum Gasteiger partial charge on any atom is 0.263 e. The van der Waals surface area contributed by atoms with E-state index in [0.717, 1.165) is 15.8 Å². The zero-order chi connectivity index (χ0) is 24.1. The van der Waals surface area contributed by atoms with Gasteiger partial charge in [-0.2, -0.15) is 5.26 Å². The second kappa shape index (κ2) is 10.3. The number of sulfonamides is 1. The van der Waals surface area contributed by atoms with E-state index in [0.29, 0.717) is 22.4 Å². The Morgan fingerprint density at radius 3 is 2.59 bits per heavy atom. The number of thioether (sulfide) groups is 1. The van der Waals surface area contributed by atoms with Crippen LogP contribution in [0.4, 0.5) is 17.3 Å². The monoisotopic (exact) mass is 556 g/mol. The van der Waals surface area contributed by atoms with Crippen LogP contribution in [0.5, 0.6) is 0 Å². The molecule has 34 heavy (non-hydrogen) atoms. The Labute approximate surface area is 208 Å². The van der Waals surface area contributed by atoms with Crippen molar-refractivity contribution < 1.29 is 12.9 Å². The van der Waals surface area contributed by atoms with Crippen LogP contribution in [-0.4, -0.2) is 29.3 Å². The summed E-state index contributed by atoms with van der Waals surface area (Å²) in [4.78, 5) is 9.15. The molecule has 0 saturated carbocycles. The molecule has 0 aliphatic carbocycles. The minimum atomic E-state index is -3.83. The number of hydrogen-bond donors (Lipinski definition) is 2. The van der Waals surface area contributed by atoms with Crippen LogP contribution in [0.25, 0.3) is 11.3 Å². The Bertz CT molecular complexity index is 1450. The summed E-state index contributed by atoms with van der Waals surface area (Å²) in [7, 11) is -3.83. The molecule has 0 atom stereocenters. The molecule has 0 amide bonds. The number of nitriles is 1. The van der Waals surface area contributed by atoms with Crippen LogP contribution in [0.15, 0.2) is 79.9 Å². The van der Waals surface area contributed by atoms with Crippen molar-refractivity contribution in [3.63, 3.8) is 0 Å². The molecule has 0 radical (unpaired) electrons. The third-order valence-corrected chi connectivity index (χ3v) is 7.07. The Kier molecular flexibility index (Phi) is 7.16. The van der Waals surface area contributed by atoms with Gasteiger partial charge < -0.3 is 9.84 Å². The number of anilines is 3.